The number of hydrogen-bond donors (Lipinski definition) is 1. The standard InChI is InChI=1S/C26H21ClN4O2S/c1-16-25(17(2)32)22-14-21(12-13-23(22)31(16)20-10-8-18(27)9-11-20)33-15-24-29-30-26(34-24)28-19-6-4-3-5-7-19/h3-14H,15H2,1-2H3,(H,28,30). The monoisotopic (exact) mass is 488 g/mol. The Hall–Kier alpha value is -3.68. The molecule has 0 bridgehead atoms. The van der Waals surface area contributed by atoms with E-state index in [1.54, 1.807) is 6.92 Å². The van der Waals surface area contributed by atoms with Crippen LogP contribution in [0.4, 0.5) is 10.8 Å². The first-order valence-electron chi connectivity index (χ1n) is 10.7. The molecule has 0 aliphatic carbocycles. The van der Waals surface area contributed by atoms with Gasteiger partial charge >= 0.3 is 0 Å². The number of nitrogens with one attached hydrogen (secondary N) is 1. The Morgan fingerprint density at radius 3 is 2.56 bits per heavy atom. The van der Waals surface area contributed by atoms with Crippen LogP contribution in [0.3, 0.4) is 0 Å². The van der Waals surface area contributed by atoms with Gasteiger partial charge in [0.05, 0.1) is 5.52 Å². The first kappa shape index (κ1) is 22.1. The maximum absolute atomic E-state index is 12.5. The van der Waals surface area contributed by atoms with Crippen LogP contribution in [0, 0.1) is 6.92 Å². The first-order valence-corrected chi connectivity index (χ1v) is 11.9. The molecule has 5 aromatic rings. The van der Waals surface area contributed by atoms with E-state index in [9.17, 15) is 4.79 Å². The largest absolute Gasteiger partial charge is 0.486 e. The molecule has 170 valence electrons. The molecule has 0 unspecified atom stereocenters. The Kier molecular flexibility index (Phi) is 6.04. The minimum atomic E-state index is 0.00751. The summed E-state index contributed by atoms with van der Waals surface area (Å²) in [6.45, 7) is 3.82. The fourth-order valence-electron chi connectivity index (χ4n) is 4.01. The number of nitrogens with zero attached hydrogens (tertiary/aromatic N) is 3. The van der Waals surface area contributed by atoms with E-state index in [4.69, 9.17) is 16.3 Å². The number of hydrogen-bond acceptors (Lipinski definition) is 6. The van der Waals surface area contributed by atoms with Crippen molar-refractivity contribution in [2.75, 3.05) is 5.32 Å². The summed E-state index contributed by atoms with van der Waals surface area (Å²) in [4.78, 5) is 12.5. The summed E-state index contributed by atoms with van der Waals surface area (Å²) in [5.41, 5.74) is 4.39. The van der Waals surface area contributed by atoms with Gasteiger partial charge in [0.2, 0.25) is 5.13 Å². The molecular weight excluding hydrogens is 468 g/mol. The van der Waals surface area contributed by atoms with Gasteiger partial charge in [0.25, 0.3) is 0 Å². The summed E-state index contributed by atoms with van der Waals surface area (Å²) in [5, 5.41) is 14.6. The lowest BCUT2D eigenvalue weighted by atomic mass is 10.1. The number of ketones is 1. The highest BCUT2D eigenvalue weighted by Gasteiger charge is 2.19. The molecule has 0 radical (unpaired) electrons. The average Bonchev–Trinajstić information content (AvgIpc) is 3.39. The summed E-state index contributed by atoms with van der Waals surface area (Å²) in [5.74, 6) is 0.670. The fraction of sp³-hybridized carbons (Fsp3) is 0.115. The molecule has 0 fully saturated rings. The van der Waals surface area contributed by atoms with Crippen molar-refractivity contribution >= 4 is 50.4 Å². The van der Waals surface area contributed by atoms with E-state index < -0.39 is 0 Å². The van der Waals surface area contributed by atoms with E-state index in [0.29, 0.717) is 21.5 Å². The number of fused-ring (bicyclic) bond motifs is 1. The number of anilines is 2. The van der Waals surface area contributed by atoms with Crippen LogP contribution >= 0.6 is 22.9 Å². The minimum absolute atomic E-state index is 0.00751. The number of halogens is 1. The normalized spacial score (nSPS) is 11.0. The van der Waals surface area contributed by atoms with Crippen LogP contribution in [0.2, 0.25) is 5.02 Å². The van der Waals surface area contributed by atoms with Gasteiger partial charge in [-0.25, -0.2) is 0 Å². The van der Waals surface area contributed by atoms with Crippen molar-refractivity contribution in [2.45, 2.75) is 20.5 Å². The van der Waals surface area contributed by atoms with Crippen LogP contribution < -0.4 is 10.1 Å². The van der Waals surface area contributed by atoms with Crippen molar-refractivity contribution < 1.29 is 9.53 Å². The lowest BCUT2D eigenvalue weighted by Gasteiger charge is -2.09. The summed E-state index contributed by atoms with van der Waals surface area (Å²) in [7, 11) is 0. The molecular formula is C26H21ClN4O2S. The predicted octanol–water partition coefficient (Wildman–Crippen LogP) is 6.97. The highest BCUT2D eigenvalue weighted by Crippen LogP contribution is 2.33. The van der Waals surface area contributed by atoms with Crippen LogP contribution in [0.5, 0.6) is 5.75 Å². The molecule has 0 spiro atoms. The number of rotatable bonds is 7. The first-order chi connectivity index (χ1) is 16.5. The van der Waals surface area contributed by atoms with Gasteiger partial charge in [0, 0.05) is 33.0 Å². The van der Waals surface area contributed by atoms with E-state index in [2.05, 4.69) is 20.1 Å². The summed E-state index contributed by atoms with van der Waals surface area (Å²) < 4.78 is 8.08. The summed E-state index contributed by atoms with van der Waals surface area (Å²) in [6, 6.07) is 23.2. The van der Waals surface area contributed by atoms with Gasteiger partial charge in [-0.05, 0) is 68.4 Å². The molecule has 0 aliphatic heterocycles. The van der Waals surface area contributed by atoms with E-state index in [-0.39, 0.29) is 12.4 Å². The Labute approximate surface area is 205 Å². The molecule has 3 aromatic carbocycles. The van der Waals surface area contributed by atoms with Crippen molar-refractivity contribution in [3.8, 4) is 11.4 Å². The van der Waals surface area contributed by atoms with Crippen molar-refractivity contribution in [3.63, 3.8) is 0 Å². The zero-order valence-corrected chi connectivity index (χ0v) is 20.2. The zero-order valence-electron chi connectivity index (χ0n) is 18.6. The Balaban J connectivity index is 1.40. The number of Topliss-reactive ketones (excluding diaryl/α,β-unsaturated/α-hetero) is 1. The van der Waals surface area contributed by atoms with Crippen LogP contribution in [0.1, 0.15) is 28.0 Å². The lowest BCUT2D eigenvalue weighted by molar-refractivity contribution is 0.101. The second kappa shape index (κ2) is 9.29. The Bertz CT molecular complexity index is 1480. The Morgan fingerprint density at radius 2 is 1.82 bits per heavy atom. The molecule has 8 heteroatoms. The molecule has 0 atom stereocenters. The van der Waals surface area contributed by atoms with Crippen LogP contribution in [-0.2, 0) is 6.61 Å². The molecule has 2 aromatic heterocycles. The van der Waals surface area contributed by atoms with Gasteiger partial charge in [-0.2, -0.15) is 0 Å². The average molecular weight is 489 g/mol. The number of carbonyl (C=O) groups is 1. The van der Waals surface area contributed by atoms with Crippen LogP contribution in [0.15, 0.2) is 72.8 Å². The Morgan fingerprint density at radius 1 is 1.06 bits per heavy atom. The molecule has 34 heavy (non-hydrogen) atoms. The van der Waals surface area contributed by atoms with Crippen LogP contribution in [-0.4, -0.2) is 20.5 Å². The quantitative estimate of drug-likeness (QED) is 0.250. The molecule has 2 heterocycles. The number of aromatic nitrogens is 3. The SMILES string of the molecule is CC(=O)c1c(C)n(-c2ccc(Cl)cc2)c2ccc(OCc3nnc(Nc4ccccc4)s3)cc12. The third-order valence-corrected chi connectivity index (χ3v) is 6.53. The zero-order chi connectivity index (χ0) is 23.7. The number of ether oxygens (including phenoxy) is 1. The molecule has 5 rings (SSSR count). The molecule has 0 saturated heterocycles. The second-order valence-electron chi connectivity index (χ2n) is 7.79. The molecule has 6 nitrogen and oxygen atoms in total. The van der Waals surface area contributed by atoms with Crippen molar-refractivity contribution in [1.29, 1.82) is 0 Å². The predicted molar refractivity (Wildman–Crippen MR) is 137 cm³/mol. The van der Waals surface area contributed by atoms with Gasteiger partial charge < -0.3 is 14.6 Å². The van der Waals surface area contributed by atoms with E-state index in [1.165, 1.54) is 11.3 Å². The van der Waals surface area contributed by atoms with Crippen molar-refractivity contribution in [1.82, 2.24) is 14.8 Å². The lowest BCUT2D eigenvalue weighted by Crippen LogP contribution is -1.99. The smallest absolute Gasteiger partial charge is 0.210 e. The molecule has 0 saturated carbocycles. The summed E-state index contributed by atoms with van der Waals surface area (Å²) >= 11 is 7.50. The third-order valence-electron chi connectivity index (χ3n) is 5.47. The highest BCUT2D eigenvalue weighted by molar-refractivity contribution is 7.15. The van der Waals surface area contributed by atoms with Gasteiger partial charge in [-0.3, -0.25) is 4.79 Å². The second-order valence-corrected chi connectivity index (χ2v) is 9.29. The van der Waals surface area contributed by atoms with Crippen molar-refractivity contribution in [2.24, 2.45) is 0 Å². The van der Waals surface area contributed by atoms with Gasteiger partial charge in [0.15, 0.2) is 10.8 Å². The molecule has 0 amide bonds. The number of para-hydroxylation sites is 1. The maximum atomic E-state index is 12.5. The summed E-state index contributed by atoms with van der Waals surface area (Å²) in [6.07, 6.45) is 0. The molecule has 1 N–H and O–H groups in total. The maximum Gasteiger partial charge on any atom is 0.210 e. The van der Waals surface area contributed by atoms with E-state index >= 15 is 0 Å². The number of carbonyl (C=O) groups excluding carboxylic acids is 1. The van der Waals surface area contributed by atoms with Crippen LogP contribution in [0.25, 0.3) is 16.6 Å². The van der Waals surface area contributed by atoms with Gasteiger partial charge in [-0.15, -0.1) is 10.2 Å². The number of benzene rings is 3. The van der Waals surface area contributed by atoms with E-state index in [0.717, 1.165) is 33.0 Å². The minimum Gasteiger partial charge on any atom is -0.486 e. The fourth-order valence-corrected chi connectivity index (χ4v) is 4.81. The third kappa shape index (κ3) is 4.40. The molecule has 0 aliphatic rings. The van der Waals surface area contributed by atoms with E-state index in [1.807, 2.05) is 79.7 Å². The highest BCUT2D eigenvalue weighted by atomic mass is 35.5. The topological polar surface area (TPSA) is 69.0 Å². The van der Waals surface area contributed by atoms with Gasteiger partial charge in [0.1, 0.15) is 12.4 Å². The van der Waals surface area contributed by atoms with Crippen molar-refractivity contribution in [3.05, 3.63) is 94.1 Å². The van der Waals surface area contributed by atoms with Gasteiger partial charge in [-0.1, -0.05) is 41.1 Å².